The Labute approximate surface area is 601 Å². The molecule has 2 saturated heterocycles. The zero-order valence-electron chi connectivity index (χ0n) is 55.8. The fourth-order valence-electron chi connectivity index (χ4n) is 12.7. The van der Waals surface area contributed by atoms with E-state index in [0.717, 1.165) is 150 Å². The van der Waals surface area contributed by atoms with Crippen LogP contribution in [0.1, 0.15) is 43.9 Å². The molecule has 0 bridgehead atoms. The molecular weight excluding hydrogens is 1340 g/mol. The number of imidazole rings is 4. The molecule has 15 heterocycles. The number of halogens is 4. The molecule has 18 rings (SSSR count). The van der Waals surface area contributed by atoms with E-state index in [4.69, 9.17) is 49.8 Å². The lowest BCUT2D eigenvalue weighted by Gasteiger charge is -2.32. The van der Waals surface area contributed by atoms with Crippen LogP contribution in [0.15, 0.2) is 238 Å². The SMILES string of the molecule is Cc1ccc(-n2c(-c3ccc(N4CCC(C)CC4)cc3)nc3ccncc32)cn1.Cc1ccc(-n2c(-c3ccc(N4CCCC4)cc3)nc3ccncc32)nc1.Clc1ccc(-c2nc3ccncc3n2-c2ccc(Cl)nc2)cn1.Fc1ccc(-n2c(-c3ccc(Cl)nc3)nc3ccncc32)cc1. The summed E-state index contributed by atoms with van der Waals surface area (Å²) in [5.41, 5.74) is 18.3. The lowest BCUT2D eigenvalue weighted by Crippen LogP contribution is -2.32. The zero-order valence-corrected chi connectivity index (χ0v) is 58.0. The molecule has 0 atom stereocenters. The summed E-state index contributed by atoms with van der Waals surface area (Å²) in [6.07, 6.45) is 28.1. The molecule has 16 aromatic rings. The van der Waals surface area contributed by atoms with Gasteiger partial charge in [0.25, 0.3) is 0 Å². The Bertz CT molecular complexity index is 5380. The average molecular weight is 1410 g/mol. The van der Waals surface area contributed by atoms with Gasteiger partial charge < -0.3 is 9.80 Å². The molecule has 3 aromatic carbocycles. The van der Waals surface area contributed by atoms with Crippen LogP contribution >= 0.6 is 34.8 Å². The molecule has 0 radical (unpaired) electrons. The van der Waals surface area contributed by atoms with Gasteiger partial charge in [0.05, 0.1) is 92.7 Å². The Morgan fingerprint density at radius 1 is 0.343 bits per heavy atom. The van der Waals surface area contributed by atoms with Gasteiger partial charge in [0.15, 0.2) is 0 Å². The minimum absolute atomic E-state index is 0.286. The maximum atomic E-state index is 13.2. The largest absolute Gasteiger partial charge is 0.372 e. The van der Waals surface area contributed by atoms with Crippen molar-refractivity contribution in [3.8, 4) is 68.4 Å². The van der Waals surface area contributed by atoms with Crippen molar-refractivity contribution in [3.63, 3.8) is 0 Å². The Morgan fingerprint density at radius 2 is 0.725 bits per heavy atom. The van der Waals surface area contributed by atoms with Crippen molar-refractivity contribution in [2.75, 3.05) is 36.0 Å². The molecule has 2 aliphatic heterocycles. The lowest BCUT2D eigenvalue weighted by molar-refractivity contribution is 0.438. The number of nitrogens with zero attached hydrogens (tertiary/aromatic N) is 19. The molecule has 102 heavy (non-hydrogen) atoms. The number of hydrogen-bond acceptors (Lipinski definition) is 15. The van der Waals surface area contributed by atoms with Gasteiger partial charge in [0, 0.05) is 115 Å². The first-order chi connectivity index (χ1) is 49.9. The maximum absolute atomic E-state index is 13.2. The normalized spacial score (nSPS) is 13.0. The van der Waals surface area contributed by atoms with Crippen LogP contribution in [0.25, 0.3) is 113 Å². The number of aromatic nitrogens is 17. The van der Waals surface area contributed by atoms with Crippen LogP contribution in [0.2, 0.25) is 15.5 Å². The number of pyridine rings is 9. The van der Waals surface area contributed by atoms with E-state index in [0.29, 0.717) is 21.3 Å². The van der Waals surface area contributed by atoms with E-state index in [9.17, 15) is 4.39 Å². The molecule has 0 saturated carbocycles. The highest BCUT2D eigenvalue weighted by Gasteiger charge is 2.22. The highest BCUT2D eigenvalue weighted by molar-refractivity contribution is 6.30. The predicted octanol–water partition coefficient (Wildman–Crippen LogP) is 17.9. The molecule has 2 fully saturated rings. The van der Waals surface area contributed by atoms with E-state index in [1.54, 1.807) is 86.1 Å². The monoisotopic (exact) mass is 1400 g/mol. The second kappa shape index (κ2) is 29.6. The van der Waals surface area contributed by atoms with Crippen molar-refractivity contribution in [1.82, 2.24) is 83.1 Å². The van der Waals surface area contributed by atoms with Gasteiger partial charge in [-0.15, -0.1) is 0 Å². The summed E-state index contributed by atoms with van der Waals surface area (Å²) < 4.78 is 21.4. The zero-order chi connectivity index (χ0) is 69.6. The second-order valence-electron chi connectivity index (χ2n) is 24.9. The van der Waals surface area contributed by atoms with Crippen molar-refractivity contribution < 1.29 is 4.39 Å². The fraction of sp³-hybridized carbons (Fsp3) is 0.152. The summed E-state index contributed by atoms with van der Waals surface area (Å²) in [6.45, 7) is 11.0. The Hall–Kier alpha value is -11.7. The van der Waals surface area contributed by atoms with Gasteiger partial charge in [0.1, 0.15) is 50.4 Å². The van der Waals surface area contributed by atoms with Crippen LogP contribution < -0.4 is 9.80 Å². The first-order valence-corrected chi connectivity index (χ1v) is 34.5. The van der Waals surface area contributed by atoms with Gasteiger partial charge >= 0.3 is 0 Å². The van der Waals surface area contributed by atoms with Gasteiger partial charge in [0.2, 0.25) is 0 Å². The van der Waals surface area contributed by atoms with Crippen molar-refractivity contribution >= 4 is 90.3 Å². The van der Waals surface area contributed by atoms with Crippen LogP contribution in [-0.4, -0.2) is 109 Å². The third kappa shape index (κ3) is 14.2. The highest BCUT2D eigenvalue weighted by atomic mass is 35.5. The minimum Gasteiger partial charge on any atom is -0.372 e. The van der Waals surface area contributed by atoms with Crippen LogP contribution in [0.5, 0.6) is 0 Å². The second-order valence-corrected chi connectivity index (χ2v) is 26.1. The van der Waals surface area contributed by atoms with E-state index in [2.05, 4.69) is 136 Å². The maximum Gasteiger partial charge on any atom is 0.147 e. The van der Waals surface area contributed by atoms with Crippen LogP contribution in [0.3, 0.4) is 0 Å². The predicted molar refractivity (Wildman–Crippen MR) is 403 cm³/mol. The van der Waals surface area contributed by atoms with Crippen LogP contribution in [0.4, 0.5) is 15.8 Å². The first-order valence-electron chi connectivity index (χ1n) is 33.4. The summed E-state index contributed by atoms with van der Waals surface area (Å²) >= 11 is 17.6. The Kier molecular flexibility index (Phi) is 19.2. The molecule has 13 aromatic heterocycles. The fourth-order valence-corrected chi connectivity index (χ4v) is 13.0. The van der Waals surface area contributed by atoms with E-state index >= 15 is 0 Å². The lowest BCUT2D eigenvalue weighted by atomic mass is 9.98. The molecule has 0 spiro atoms. The third-order valence-corrected chi connectivity index (χ3v) is 18.7. The van der Waals surface area contributed by atoms with Gasteiger partial charge in [-0.05, 0) is 203 Å². The number of hydrogen-bond donors (Lipinski definition) is 0. The van der Waals surface area contributed by atoms with Crippen molar-refractivity contribution in [1.29, 1.82) is 0 Å². The van der Waals surface area contributed by atoms with Crippen molar-refractivity contribution in [2.24, 2.45) is 5.92 Å². The highest BCUT2D eigenvalue weighted by Crippen LogP contribution is 2.35. The van der Waals surface area contributed by atoms with Gasteiger partial charge in [-0.1, -0.05) is 47.8 Å². The molecule has 19 nitrogen and oxygen atoms in total. The van der Waals surface area contributed by atoms with Crippen LogP contribution in [0, 0.1) is 25.6 Å². The van der Waals surface area contributed by atoms with Crippen LogP contribution in [-0.2, 0) is 0 Å². The first kappa shape index (κ1) is 66.2. The van der Waals surface area contributed by atoms with E-state index in [1.165, 1.54) is 49.2 Å². The molecule has 0 amide bonds. The Morgan fingerprint density at radius 3 is 1.15 bits per heavy atom. The summed E-state index contributed by atoms with van der Waals surface area (Å²) in [7, 11) is 0. The number of fused-ring (bicyclic) bond motifs is 4. The standard InChI is InChI=1S/C24H25N5.C22H21N5.C17H10ClFN4.C16H9Cl2N5/c1-17-10-13-28(14-11-17)20-7-4-19(5-8-20)24-27-22-9-12-25-16-23(22)29(24)21-6-3-18(2)26-15-21;1-16-4-9-21(24-14-16)27-20-15-23-11-10-19(20)25-22(27)17-5-7-18(8-6-17)26-12-2-3-13-26;18-16-6-1-11(9-21-16)17-22-14-7-8-20-10-15(14)23(17)13-4-2-12(19)3-5-13;17-14-3-1-10(7-20-14)16-22-12-5-6-19-9-13(12)23(16)11-2-4-15(18)21-8-11/h3-9,12,15-17H,10-11,13-14H2,1-2H3;4-11,14-15H,2-3,12-13H2,1H3;1-10H;1-9H. The molecule has 504 valence electrons. The van der Waals surface area contributed by atoms with Gasteiger partial charge in [-0.2, -0.15) is 0 Å². The number of rotatable bonds is 10. The molecule has 23 heteroatoms. The Balaban J connectivity index is 0.000000110. The topological polar surface area (TPSA) is 194 Å². The smallest absolute Gasteiger partial charge is 0.147 e. The van der Waals surface area contributed by atoms with E-state index in [1.807, 2.05) is 102 Å². The molecule has 2 aliphatic rings. The van der Waals surface area contributed by atoms with E-state index < -0.39 is 0 Å². The molecule has 0 unspecified atom stereocenters. The quantitative estimate of drug-likeness (QED) is 0.117. The molecular formula is C79H65Cl3FN19. The van der Waals surface area contributed by atoms with Crippen molar-refractivity contribution in [2.45, 2.75) is 46.5 Å². The number of piperidine rings is 1. The summed E-state index contributed by atoms with van der Waals surface area (Å²) in [5, 5.41) is 1.29. The number of aryl methyl sites for hydroxylation is 2. The number of benzene rings is 3. The summed E-state index contributed by atoms with van der Waals surface area (Å²) in [5.74, 6) is 4.65. The summed E-state index contributed by atoms with van der Waals surface area (Å²) in [4.78, 5) is 62.5. The third-order valence-electron chi connectivity index (χ3n) is 18.0. The van der Waals surface area contributed by atoms with Gasteiger partial charge in [-0.25, -0.2) is 44.3 Å². The number of anilines is 2. The van der Waals surface area contributed by atoms with E-state index in [-0.39, 0.29) is 5.82 Å². The summed E-state index contributed by atoms with van der Waals surface area (Å²) in [6, 6.07) is 50.4. The van der Waals surface area contributed by atoms with Crippen molar-refractivity contribution in [3.05, 3.63) is 271 Å². The van der Waals surface area contributed by atoms with Gasteiger partial charge in [-0.3, -0.25) is 43.2 Å². The molecule has 0 aliphatic carbocycles. The average Bonchev–Trinajstić information content (AvgIpc) is 1.64. The molecule has 0 N–H and O–H groups in total. The minimum atomic E-state index is -0.286.